The fourth-order valence-electron chi connectivity index (χ4n) is 2.65. The van der Waals surface area contributed by atoms with Gasteiger partial charge < -0.3 is 9.85 Å². The first kappa shape index (κ1) is 10.2. The van der Waals surface area contributed by atoms with Gasteiger partial charge in [-0.05, 0) is 39.4 Å². The Morgan fingerprint density at radius 2 is 2.21 bits per heavy atom. The van der Waals surface area contributed by atoms with E-state index >= 15 is 0 Å². The van der Waals surface area contributed by atoms with Crippen LogP contribution < -0.4 is 5.43 Å². The largest absolute Gasteiger partial charge is 0.410 e. The summed E-state index contributed by atoms with van der Waals surface area (Å²) in [4.78, 5) is 0. The molecular weight excluding hydrogens is 192 g/mol. The van der Waals surface area contributed by atoms with Crippen LogP contribution in [-0.2, 0) is 4.43 Å². The third-order valence-corrected chi connectivity index (χ3v) is 4.16. The predicted octanol–water partition coefficient (Wildman–Crippen LogP) is 1.96. The Morgan fingerprint density at radius 1 is 1.50 bits per heavy atom. The molecule has 1 saturated carbocycles. The highest BCUT2D eigenvalue weighted by Crippen LogP contribution is 2.40. The number of nitrogens with one attached hydrogen (secondary N) is 1. The van der Waals surface area contributed by atoms with E-state index < -0.39 is 8.32 Å². The molecule has 0 saturated heterocycles. The average molecular weight is 212 g/mol. The molecule has 3 atom stereocenters. The molecule has 3 nitrogen and oxygen atoms in total. The second kappa shape index (κ2) is 3.07. The molecule has 2 rings (SSSR count). The van der Waals surface area contributed by atoms with Gasteiger partial charge in [-0.15, -0.1) is 0 Å². The highest BCUT2D eigenvalue weighted by atomic mass is 28.4. The van der Waals surface area contributed by atoms with Crippen LogP contribution in [-0.4, -0.2) is 26.2 Å². The van der Waals surface area contributed by atoms with E-state index in [0.717, 1.165) is 6.42 Å². The maximum Gasteiger partial charge on any atom is 0.184 e. The predicted molar refractivity (Wildman–Crippen MR) is 61.0 cm³/mol. The minimum atomic E-state index is -1.45. The molecule has 4 heteroatoms. The zero-order chi connectivity index (χ0) is 10.4. The van der Waals surface area contributed by atoms with Gasteiger partial charge in [0.15, 0.2) is 8.32 Å². The van der Waals surface area contributed by atoms with Crippen molar-refractivity contribution in [3.8, 4) is 0 Å². The molecule has 1 unspecified atom stereocenters. The van der Waals surface area contributed by atoms with E-state index in [2.05, 4.69) is 37.1 Å². The summed E-state index contributed by atoms with van der Waals surface area (Å²) in [7, 11) is -1.45. The minimum Gasteiger partial charge on any atom is -0.410 e. The molecule has 0 aromatic rings. The van der Waals surface area contributed by atoms with Crippen molar-refractivity contribution in [3.05, 3.63) is 0 Å². The summed E-state index contributed by atoms with van der Waals surface area (Å²) in [6, 6.07) is 0.411. The SMILES string of the molecule is CC1(O[Si](C)(C)C)CC[C@@H]2C=NN[C@@H]21. The van der Waals surface area contributed by atoms with E-state index in [-0.39, 0.29) is 5.60 Å². The van der Waals surface area contributed by atoms with E-state index in [4.69, 9.17) is 4.43 Å². The van der Waals surface area contributed by atoms with Gasteiger partial charge in [-0.1, -0.05) is 0 Å². The lowest BCUT2D eigenvalue weighted by Gasteiger charge is -2.37. The molecule has 1 aliphatic heterocycles. The number of hydrazone groups is 1. The van der Waals surface area contributed by atoms with Gasteiger partial charge in [0.25, 0.3) is 0 Å². The number of hydrogen-bond acceptors (Lipinski definition) is 3. The smallest absolute Gasteiger partial charge is 0.184 e. The van der Waals surface area contributed by atoms with Gasteiger partial charge in [-0.2, -0.15) is 5.10 Å². The number of rotatable bonds is 2. The van der Waals surface area contributed by atoms with Crippen molar-refractivity contribution < 1.29 is 4.43 Å². The summed E-state index contributed by atoms with van der Waals surface area (Å²) in [5.74, 6) is 0.594. The van der Waals surface area contributed by atoms with Crippen LogP contribution in [0, 0.1) is 5.92 Å². The van der Waals surface area contributed by atoms with Crippen LogP contribution in [0.4, 0.5) is 0 Å². The number of fused-ring (bicyclic) bond motifs is 1. The standard InChI is InChI=1S/C10H20N2OSi/c1-10(13-14(2,3)4)6-5-8-7-11-12-9(8)10/h7-9,12H,5-6H2,1-4H3/t8-,9+,10?/m1/s1. The molecule has 0 aromatic carbocycles. The van der Waals surface area contributed by atoms with Crippen LogP contribution in [0.3, 0.4) is 0 Å². The van der Waals surface area contributed by atoms with Crippen LogP contribution in [0.5, 0.6) is 0 Å². The van der Waals surface area contributed by atoms with Crippen molar-refractivity contribution in [1.82, 2.24) is 5.43 Å². The quantitative estimate of drug-likeness (QED) is 0.710. The second-order valence-corrected chi connectivity index (χ2v) is 10.0. The van der Waals surface area contributed by atoms with Gasteiger partial charge in [0.2, 0.25) is 0 Å². The normalized spacial score (nSPS) is 41.1. The van der Waals surface area contributed by atoms with E-state index in [1.54, 1.807) is 0 Å². The van der Waals surface area contributed by atoms with Gasteiger partial charge in [-0.25, -0.2) is 0 Å². The van der Waals surface area contributed by atoms with Crippen molar-refractivity contribution in [2.45, 2.75) is 51.0 Å². The van der Waals surface area contributed by atoms with Crippen LogP contribution in [0.1, 0.15) is 19.8 Å². The topological polar surface area (TPSA) is 33.6 Å². The van der Waals surface area contributed by atoms with Crippen molar-refractivity contribution in [1.29, 1.82) is 0 Å². The summed E-state index contributed by atoms with van der Waals surface area (Å²) < 4.78 is 6.30. The lowest BCUT2D eigenvalue weighted by Crippen LogP contribution is -2.50. The van der Waals surface area contributed by atoms with Gasteiger partial charge in [0, 0.05) is 12.1 Å². The summed E-state index contributed by atoms with van der Waals surface area (Å²) in [5.41, 5.74) is 3.20. The molecule has 0 amide bonds. The van der Waals surface area contributed by atoms with Crippen molar-refractivity contribution in [3.63, 3.8) is 0 Å². The van der Waals surface area contributed by atoms with E-state index in [1.165, 1.54) is 6.42 Å². The zero-order valence-electron chi connectivity index (χ0n) is 9.50. The van der Waals surface area contributed by atoms with Crippen LogP contribution in [0.15, 0.2) is 5.10 Å². The Kier molecular flexibility index (Phi) is 2.23. The maximum absolute atomic E-state index is 6.30. The van der Waals surface area contributed by atoms with Crippen molar-refractivity contribution >= 4 is 14.5 Å². The van der Waals surface area contributed by atoms with E-state index in [9.17, 15) is 0 Å². The molecule has 0 aromatic heterocycles. The molecule has 0 spiro atoms. The Morgan fingerprint density at radius 3 is 2.86 bits per heavy atom. The molecule has 2 aliphatic rings. The minimum absolute atomic E-state index is 0.00559. The maximum atomic E-state index is 6.30. The molecule has 1 fully saturated rings. The highest BCUT2D eigenvalue weighted by Gasteiger charge is 2.49. The lowest BCUT2D eigenvalue weighted by atomic mass is 9.98. The third kappa shape index (κ3) is 1.73. The van der Waals surface area contributed by atoms with E-state index in [1.807, 2.05) is 6.21 Å². The molecule has 1 aliphatic carbocycles. The van der Waals surface area contributed by atoms with Crippen molar-refractivity contribution in [2.24, 2.45) is 11.0 Å². The Balaban J connectivity index is 2.10. The molecule has 0 radical (unpaired) electrons. The molecule has 14 heavy (non-hydrogen) atoms. The summed E-state index contributed by atoms with van der Waals surface area (Å²) in [5, 5.41) is 4.15. The van der Waals surface area contributed by atoms with Crippen LogP contribution in [0.2, 0.25) is 19.6 Å². The fourth-order valence-corrected chi connectivity index (χ4v) is 4.28. The van der Waals surface area contributed by atoms with Crippen LogP contribution >= 0.6 is 0 Å². The monoisotopic (exact) mass is 212 g/mol. The van der Waals surface area contributed by atoms with Crippen LogP contribution in [0.25, 0.3) is 0 Å². The first-order valence-corrected chi connectivity index (χ1v) is 8.80. The number of hydrogen-bond donors (Lipinski definition) is 1. The summed E-state index contributed by atoms with van der Waals surface area (Å²) in [6.07, 6.45) is 4.41. The van der Waals surface area contributed by atoms with Gasteiger partial charge in [0.1, 0.15) is 0 Å². The summed E-state index contributed by atoms with van der Waals surface area (Å²) >= 11 is 0. The first-order valence-electron chi connectivity index (χ1n) is 5.40. The van der Waals surface area contributed by atoms with Gasteiger partial charge in [-0.3, -0.25) is 0 Å². The molecule has 80 valence electrons. The van der Waals surface area contributed by atoms with Gasteiger partial charge in [0.05, 0.1) is 11.6 Å². The zero-order valence-corrected chi connectivity index (χ0v) is 10.5. The molecule has 0 bridgehead atoms. The second-order valence-electron chi connectivity index (χ2n) is 5.61. The van der Waals surface area contributed by atoms with E-state index in [0.29, 0.717) is 12.0 Å². The Labute approximate surface area is 87.0 Å². The highest BCUT2D eigenvalue weighted by molar-refractivity contribution is 6.69. The third-order valence-electron chi connectivity index (χ3n) is 3.08. The molecule has 1 N–H and O–H groups in total. The lowest BCUT2D eigenvalue weighted by molar-refractivity contribution is 0.0584. The number of nitrogens with zero attached hydrogens (tertiary/aromatic N) is 1. The average Bonchev–Trinajstić information content (AvgIpc) is 2.52. The summed E-state index contributed by atoms with van der Waals surface area (Å²) in [6.45, 7) is 8.99. The first-order chi connectivity index (χ1) is 6.41. The van der Waals surface area contributed by atoms with Gasteiger partial charge >= 0.3 is 0 Å². The Bertz CT molecular complexity index is 261. The molecule has 1 heterocycles. The van der Waals surface area contributed by atoms with Crippen molar-refractivity contribution in [2.75, 3.05) is 0 Å². The fraction of sp³-hybridized carbons (Fsp3) is 0.900. The Hall–Kier alpha value is -0.353. The molecular formula is C10H20N2OSi.